The molecule has 0 aliphatic rings. The van der Waals surface area contributed by atoms with E-state index < -0.39 is 0 Å². The first-order valence-electron chi connectivity index (χ1n) is 15.2. The maximum absolute atomic E-state index is 2.30. The number of benzene rings is 6. The Hall–Kier alpha value is -5.46. The van der Waals surface area contributed by atoms with Gasteiger partial charge in [0.15, 0.2) is 0 Å². The largest absolute Gasteiger partial charge is 0.0622 e. The van der Waals surface area contributed by atoms with Crippen molar-refractivity contribution in [1.29, 1.82) is 0 Å². The van der Waals surface area contributed by atoms with Crippen LogP contribution in [0.1, 0.15) is 58.4 Å². The van der Waals surface area contributed by atoms with Gasteiger partial charge >= 0.3 is 0 Å². The van der Waals surface area contributed by atoms with Gasteiger partial charge < -0.3 is 0 Å². The van der Waals surface area contributed by atoms with Gasteiger partial charge in [0.1, 0.15) is 0 Å². The molecule has 0 aliphatic heterocycles. The Morgan fingerprint density at radius 1 is 0.341 bits per heavy atom. The molecule has 0 saturated carbocycles. The van der Waals surface area contributed by atoms with Crippen molar-refractivity contribution < 1.29 is 0 Å². The second kappa shape index (κ2) is 13.7. The van der Waals surface area contributed by atoms with Gasteiger partial charge in [0.05, 0.1) is 0 Å². The van der Waals surface area contributed by atoms with Gasteiger partial charge in [-0.2, -0.15) is 0 Å². The molecule has 0 radical (unpaired) electrons. The zero-order valence-corrected chi connectivity index (χ0v) is 25.3. The molecule has 0 nitrogen and oxygen atoms in total. The summed E-state index contributed by atoms with van der Waals surface area (Å²) in [4.78, 5) is 0. The molecule has 0 aromatic heterocycles. The molecule has 0 fully saturated rings. The van der Waals surface area contributed by atoms with E-state index in [9.17, 15) is 0 Å². The lowest BCUT2D eigenvalue weighted by Gasteiger charge is -2.08. The van der Waals surface area contributed by atoms with Crippen LogP contribution < -0.4 is 0 Å². The highest BCUT2D eigenvalue weighted by Crippen LogP contribution is 2.27. The normalized spacial score (nSPS) is 12.4. The monoisotopic (exact) mass is 564 g/mol. The summed E-state index contributed by atoms with van der Waals surface area (Å²) in [6, 6.07) is 51.5. The Balaban J connectivity index is 1.36. The minimum absolute atomic E-state index is 1.19. The van der Waals surface area contributed by atoms with Crippen molar-refractivity contribution in [3.8, 4) is 0 Å². The van der Waals surface area contributed by atoms with E-state index in [1.54, 1.807) is 0 Å². The molecule has 0 spiro atoms. The molecular weight excluding hydrogens is 528 g/mol. The first-order chi connectivity index (χ1) is 21.6. The Morgan fingerprint density at radius 3 is 1.07 bits per heavy atom. The zero-order chi connectivity index (χ0) is 30.1. The van der Waals surface area contributed by atoms with Crippen LogP contribution in [-0.2, 0) is 0 Å². The first-order valence-corrected chi connectivity index (χ1v) is 15.2. The van der Waals surface area contributed by atoms with Gasteiger partial charge in [0, 0.05) is 0 Å². The highest BCUT2D eigenvalue weighted by atomic mass is 14.1. The number of fused-ring (bicyclic) bond motifs is 1. The lowest BCUT2D eigenvalue weighted by atomic mass is 9.96. The molecule has 0 amide bonds. The second-order valence-electron chi connectivity index (χ2n) is 11.1. The van der Waals surface area contributed by atoms with Crippen molar-refractivity contribution in [1.82, 2.24) is 0 Å². The fraction of sp³-hybridized carbons (Fsp3) is 0.0455. The summed E-state index contributed by atoms with van der Waals surface area (Å²) in [6.07, 6.45) is 13.5. The highest BCUT2D eigenvalue weighted by molar-refractivity contribution is 5.93. The second-order valence-corrected chi connectivity index (χ2v) is 11.1. The minimum atomic E-state index is 1.19. The maximum Gasteiger partial charge on any atom is -0.0177 e. The lowest BCUT2D eigenvalue weighted by molar-refractivity contribution is 1.56. The van der Waals surface area contributed by atoms with Crippen LogP contribution in [0.5, 0.6) is 0 Å². The van der Waals surface area contributed by atoms with E-state index in [1.165, 1.54) is 66.4 Å². The molecule has 0 bridgehead atoms. The Kier molecular flexibility index (Phi) is 8.90. The van der Waals surface area contributed by atoms with Gasteiger partial charge in [-0.25, -0.2) is 0 Å². The van der Waals surface area contributed by atoms with Crippen molar-refractivity contribution in [2.45, 2.75) is 13.8 Å². The van der Waals surface area contributed by atoms with Crippen LogP contribution in [0.15, 0.2) is 146 Å². The standard InChI is InChI=1S/C44H36/c1-33(35-15-5-3-6-16-35)29-39-21-11-9-19-37(39)25-27-43-31-41-23-13-14-24-42(41)32-44(43)28-26-38-20-10-12-22-40(38)30-34(2)36-17-7-4-8-18-36/h3-32H,1-2H3. The van der Waals surface area contributed by atoms with Gasteiger partial charge in [-0.1, -0.05) is 170 Å². The Labute approximate surface area is 261 Å². The third kappa shape index (κ3) is 6.94. The van der Waals surface area contributed by atoms with E-state index in [-0.39, 0.29) is 0 Å². The van der Waals surface area contributed by atoms with Gasteiger partial charge in [0.25, 0.3) is 0 Å². The predicted molar refractivity (Wildman–Crippen MR) is 195 cm³/mol. The molecule has 212 valence electrons. The van der Waals surface area contributed by atoms with Gasteiger partial charge in [-0.05, 0) is 92.4 Å². The third-order valence-corrected chi connectivity index (χ3v) is 8.03. The Morgan fingerprint density at radius 2 is 0.659 bits per heavy atom. The minimum Gasteiger partial charge on any atom is -0.0622 e. The van der Waals surface area contributed by atoms with Crippen molar-refractivity contribution in [2.75, 3.05) is 0 Å². The molecule has 0 heterocycles. The maximum atomic E-state index is 2.30. The van der Waals surface area contributed by atoms with Crippen molar-refractivity contribution in [3.63, 3.8) is 0 Å². The average Bonchev–Trinajstić information content (AvgIpc) is 3.08. The van der Waals surface area contributed by atoms with Crippen LogP contribution in [0.2, 0.25) is 0 Å². The molecule has 0 saturated heterocycles. The van der Waals surface area contributed by atoms with Crippen molar-refractivity contribution in [3.05, 3.63) is 190 Å². The molecule has 44 heavy (non-hydrogen) atoms. The quantitative estimate of drug-likeness (QED) is 0.161. The first kappa shape index (κ1) is 28.6. The SMILES string of the molecule is CC(=Cc1ccccc1C=Cc1cc2ccccc2cc1C=Cc1ccccc1C=C(C)c1ccccc1)c1ccccc1. The molecule has 0 heteroatoms. The molecule has 0 N–H and O–H groups in total. The molecule has 0 atom stereocenters. The zero-order valence-electron chi connectivity index (χ0n) is 25.3. The van der Waals surface area contributed by atoms with Crippen LogP contribution in [0.25, 0.3) is 58.4 Å². The van der Waals surface area contributed by atoms with Crippen molar-refractivity contribution in [2.24, 2.45) is 0 Å². The predicted octanol–water partition coefficient (Wildman–Crippen LogP) is 12.3. The smallest absolute Gasteiger partial charge is 0.0177 e. The van der Waals surface area contributed by atoms with E-state index in [4.69, 9.17) is 0 Å². The Bertz CT molecular complexity index is 1850. The summed E-state index contributed by atoms with van der Waals surface area (Å²) >= 11 is 0. The summed E-state index contributed by atoms with van der Waals surface area (Å²) in [6.45, 7) is 4.35. The fourth-order valence-electron chi connectivity index (χ4n) is 5.55. The van der Waals surface area contributed by atoms with Gasteiger partial charge in [0.2, 0.25) is 0 Å². The molecular formula is C44H36. The van der Waals surface area contributed by atoms with Gasteiger partial charge in [-0.3, -0.25) is 0 Å². The highest BCUT2D eigenvalue weighted by Gasteiger charge is 2.04. The molecule has 0 unspecified atom stereocenters. The van der Waals surface area contributed by atoms with E-state index in [0.29, 0.717) is 0 Å². The third-order valence-electron chi connectivity index (χ3n) is 8.03. The lowest BCUT2D eigenvalue weighted by Crippen LogP contribution is -1.86. The van der Waals surface area contributed by atoms with Crippen LogP contribution >= 0.6 is 0 Å². The number of rotatable bonds is 8. The van der Waals surface area contributed by atoms with Crippen molar-refractivity contribution >= 4 is 58.4 Å². The van der Waals surface area contributed by atoms with Crippen LogP contribution in [0.4, 0.5) is 0 Å². The van der Waals surface area contributed by atoms with E-state index in [1.807, 2.05) is 0 Å². The molecule has 6 rings (SSSR count). The topological polar surface area (TPSA) is 0 Å². The van der Waals surface area contributed by atoms with E-state index in [2.05, 4.69) is 196 Å². The van der Waals surface area contributed by atoms with Crippen LogP contribution in [0, 0.1) is 0 Å². The molecule has 6 aromatic rings. The number of hydrogen-bond donors (Lipinski definition) is 0. The summed E-state index contributed by atoms with van der Waals surface area (Å²) < 4.78 is 0. The summed E-state index contributed by atoms with van der Waals surface area (Å²) in [7, 11) is 0. The average molecular weight is 565 g/mol. The summed E-state index contributed by atoms with van der Waals surface area (Å²) in [5, 5.41) is 2.47. The number of hydrogen-bond acceptors (Lipinski definition) is 0. The number of allylic oxidation sites excluding steroid dienone is 2. The molecule has 0 aliphatic carbocycles. The van der Waals surface area contributed by atoms with Crippen LogP contribution in [0.3, 0.4) is 0 Å². The van der Waals surface area contributed by atoms with Crippen LogP contribution in [-0.4, -0.2) is 0 Å². The van der Waals surface area contributed by atoms with E-state index >= 15 is 0 Å². The summed E-state index contributed by atoms with van der Waals surface area (Å²) in [5.41, 5.74) is 12.1. The fourth-order valence-corrected chi connectivity index (χ4v) is 5.55. The molecule has 6 aromatic carbocycles. The summed E-state index contributed by atoms with van der Waals surface area (Å²) in [5.74, 6) is 0. The van der Waals surface area contributed by atoms with Gasteiger partial charge in [-0.15, -0.1) is 0 Å². The van der Waals surface area contributed by atoms with E-state index in [0.717, 1.165) is 0 Å².